The lowest BCUT2D eigenvalue weighted by atomic mass is 9.93. The Morgan fingerprint density at radius 2 is 2.11 bits per heavy atom. The molecule has 1 atom stereocenters. The lowest BCUT2D eigenvalue weighted by Gasteiger charge is -2.37. The van der Waals surface area contributed by atoms with E-state index in [0.29, 0.717) is 19.6 Å². The Balaban J connectivity index is 1.86. The minimum absolute atomic E-state index is 0.0423. The first-order valence-electron chi connectivity index (χ1n) is 9.20. The van der Waals surface area contributed by atoms with Gasteiger partial charge in [-0.25, -0.2) is 4.79 Å². The first-order chi connectivity index (χ1) is 13.2. The smallest absolute Gasteiger partial charge is 0.318 e. The van der Waals surface area contributed by atoms with Gasteiger partial charge in [0.1, 0.15) is 6.54 Å². The summed E-state index contributed by atoms with van der Waals surface area (Å²) in [5.41, 5.74) is 2.29. The van der Waals surface area contributed by atoms with Crippen molar-refractivity contribution in [2.24, 2.45) is 0 Å². The summed E-state index contributed by atoms with van der Waals surface area (Å²) >= 11 is 1.75. The van der Waals surface area contributed by atoms with Crippen molar-refractivity contribution in [3.63, 3.8) is 0 Å². The molecule has 142 valence electrons. The molecule has 0 radical (unpaired) electrons. The van der Waals surface area contributed by atoms with Crippen molar-refractivity contribution >= 4 is 23.3 Å². The molecule has 3 amide bonds. The summed E-state index contributed by atoms with van der Waals surface area (Å²) in [7, 11) is 0. The van der Waals surface area contributed by atoms with Gasteiger partial charge in [0.2, 0.25) is 5.91 Å². The summed E-state index contributed by atoms with van der Waals surface area (Å²) in [6.45, 7) is 7.12. The van der Waals surface area contributed by atoms with Crippen LogP contribution in [0, 0.1) is 0 Å². The third-order valence-electron chi connectivity index (χ3n) is 4.69. The second-order valence-corrected chi connectivity index (χ2v) is 7.45. The van der Waals surface area contributed by atoms with E-state index in [1.807, 2.05) is 30.0 Å². The van der Waals surface area contributed by atoms with Gasteiger partial charge in [0.15, 0.2) is 0 Å². The van der Waals surface area contributed by atoms with Gasteiger partial charge in [-0.05, 0) is 35.9 Å². The quantitative estimate of drug-likeness (QED) is 0.777. The average Bonchev–Trinajstić information content (AvgIpc) is 3.16. The highest BCUT2D eigenvalue weighted by Crippen LogP contribution is 2.37. The van der Waals surface area contributed by atoms with Crippen LogP contribution in [0.25, 0.3) is 0 Å². The highest BCUT2D eigenvalue weighted by molar-refractivity contribution is 7.10. The maximum Gasteiger partial charge on any atom is 0.318 e. The van der Waals surface area contributed by atoms with E-state index in [0.717, 1.165) is 12.0 Å². The molecule has 0 bridgehead atoms. The van der Waals surface area contributed by atoms with Crippen molar-refractivity contribution in [2.45, 2.75) is 19.4 Å². The third kappa shape index (κ3) is 4.22. The molecule has 6 heteroatoms. The molecule has 5 nitrogen and oxygen atoms in total. The zero-order chi connectivity index (χ0) is 19.2. The Morgan fingerprint density at radius 3 is 2.81 bits per heavy atom. The Bertz CT molecular complexity index is 803. The van der Waals surface area contributed by atoms with Gasteiger partial charge in [0.05, 0.1) is 6.04 Å². The van der Waals surface area contributed by atoms with Crippen molar-refractivity contribution in [1.82, 2.24) is 15.1 Å². The monoisotopic (exact) mass is 383 g/mol. The zero-order valence-corrected chi connectivity index (χ0v) is 16.4. The van der Waals surface area contributed by atoms with Gasteiger partial charge in [-0.3, -0.25) is 4.79 Å². The molecule has 1 aliphatic rings. The van der Waals surface area contributed by atoms with Gasteiger partial charge in [0.25, 0.3) is 0 Å². The number of carbonyl (C=O) groups is 2. The topological polar surface area (TPSA) is 52.7 Å². The minimum atomic E-state index is -0.241. The molecule has 0 fully saturated rings. The molecule has 0 unspecified atom stereocenters. The normalized spacial score (nSPS) is 15.7. The van der Waals surface area contributed by atoms with Gasteiger partial charge in [-0.1, -0.05) is 36.4 Å². The van der Waals surface area contributed by atoms with Crippen LogP contribution in [0.15, 0.2) is 54.4 Å². The Hall–Kier alpha value is -2.60. The zero-order valence-electron chi connectivity index (χ0n) is 15.6. The van der Waals surface area contributed by atoms with Crippen molar-refractivity contribution < 1.29 is 9.59 Å². The van der Waals surface area contributed by atoms with Gasteiger partial charge in [-0.2, -0.15) is 0 Å². The van der Waals surface area contributed by atoms with Crippen LogP contribution >= 0.6 is 11.3 Å². The van der Waals surface area contributed by atoms with E-state index in [2.05, 4.69) is 35.5 Å². The predicted octanol–water partition coefficient (Wildman–Crippen LogP) is 3.44. The molecule has 2 heterocycles. The first-order valence-corrected chi connectivity index (χ1v) is 10.1. The molecule has 0 saturated carbocycles. The van der Waals surface area contributed by atoms with Crippen LogP contribution in [0.1, 0.15) is 29.0 Å². The number of benzene rings is 1. The SMILES string of the molecule is C=CCN(CC(=O)N1CCc2sccc2[C@@H]1c1ccccc1)C(=O)NCC. The summed E-state index contributed by atoms with van der Waals surface area (Å²) in [6, 6.07) is 11.9. The molecule has 1 aromatic heterocycles. The number of nitrogens with one attached hydrogen (secondary N) is 1. The van der Waals surface area contributed by atoms with E-state index in [1.165, 1.54) is 15.3 Å². The lowest BCUT2D eigenvalue weighted by molar-refractivity contribution is -0.133. The van der Waals surface area contributed by atoms with Crippen molar-refractivity contribution in [2.75, 3.05) is 26.2 Å². The molecule has 2 aromatic rings. The summed E-state index contributed by atoms with van der Waals surface area (Å²) in [5, 5.41) is 4.85. The highest BCUT2D eigenvalue weighted by Gasteiger charge is 2.33. The molecule has 1 aromatic carbocycles. The van der Waals surface area contributed by atoms with E-state index in [4.69, 9.17) is 0 Å². The second kappa shape index (κ2) is 8.86. The maximum atomic E-state index is 13.2. The Labute approximate surface area is 164 Å². The molecule has 1 aliphatic heterocycles. The maximum absolute atomic E-state index is 13.2. The number of thiophene rings is 1. The fourth-order valence-electron chi connectivity index (χ4n) is 3.47. The van der Waals surface area contributed by atoms with Crippen LogP contribution in [0.4, 0.5) is 4.79 Å². The van der Waals surface area contributed by atoms with Crippen LogP contribution in [0.5, 0.6) is 0 Å². The number of hydrogen-bond donors (Lipinski definition) is 1. The van der Waals surface area contributed by atoms with Crippen LogP contribution in [0.3, 0.4) is 0 Å². The number of amides is 3. The van der Waals surface area contributed by atoms with Crippen molar-refractivity contribution in [1.29, 1.82) is 0 Å². The molecule has 0 aliphatic carbocycles. The number of urea groups is 1. The number of hydrogen-bond acceptors (Lipinski definition) is 3. The summed E-state index contributed by atoms with van der Waals surface area (Å²) in [4.78, 5) is 30.2. The number of nitrogens with zero attached hydrogens (tertiary/aromatic N) is 2. The van der Waals surface area contributed by atoms with Crippen LogP contribution in [-0.2, 0) is 11.2 Å². The lowest BCUT2D eigenvalue weighted by Crippen LogP contribution is -2.49. The van der Waals surface area contributed by atoms with Gasteiger partial charge >= 0.3 is 6.03 Å². The predicted molar refractivity (Wildman–Crippen MR) is 109 cm³/mol. The number of rotatable bonds is 6. The Morgan fingerprint density at radius 1 is 1.33 bits per heavy atom. The van der Waals surface area contributed by atoms with E-state index in [-0.39, 0.29) is 24.5 Å². The molecular weight excluding hydrogens is 358 g/mol. The third-order valence-corrected chi connectivity index (χ3v) is 5.69. The van der Waals surface area contributed by atoms with Crippen LogP contribution in [-0.4, -0.2) is 47.9 Å². The fraction of sp³-hybridized carbons (Fsp3) is 0.333. The molecule has 1 N–H and O–H groups in total. The standard InChI is InChI=1S/C21H25N3O2S/c1-3-12-23(21(26)22-4-2)15-19(25)24-13-10-18-17(11-14-27-18)20(24)16-8-6-5-7-9-16/h3,5-9,11,14,20H,1,4,10,12-13,15H2,2H3,(H,22,26)/t20-/m0/s1. The van der Waals surface area contributed by atoms with E-state index in [1.54, 1.807) is 17.4 Å². The fourth-order valence-corrected chi connectivity index (χ4v) is 4.38. The highest BCUT2D eigenvalue weighted by atomic mass is 32.1. The van der Waals surface area contributed by atoms with E-state index < -0.39 is 0 Å². The van der Waals surface area contributed by atoms with Gasteiger partial charge in [0, 0.05) is 24.5 Å². The summed E-state index contributed by atoms with van der Waals surface area (Å²) in [6.07, 6.45) is 2.50. The van der Waals surface area contributed by atoms with Crippen LogP contribution < -0.4 is 5.32 Å². The molecular formula is C21H25N3O2S. The average molecular weight is 384 g/mol. The van der Waals surface area contributed by atoms with Gasteiger partial charge in [-0.15, -0.1) is 17.9 Å². The summed E-state index contributed by atoms with van der Waals surface area (Å²) in [5.74, 6) is -0.0474. The molecule has 0 spiro atoms. The minimum Gasteiger partial charge on any atom is -0.338 e. The summed E-state index contributed by atoms with van der Waals surface area (Å²) < 4.78 is 0. The number of fused-ring (bicyclic) bond motifs is 1. The van der Waals surface area contributed by atoms with Crippen molar-refractivity contribution in [3.8, 4) is 0 Å². The van der Waals surface area contributed by atoms with E-state index in [9.17, 15) is 9.59 Å². The second-order valence-electron chi connectivity index (χ2n) is 6.45. The van der Waals surface area contributed by atoms with Gasteiger partial charge < -0.3 is 15.1 Å². The first kappa shape index (κ1) is 19.2. The molecule has 3 rings (SSSR count). The van der Waals surface area contributed by atoms with Crippen molar-refractivity contribution in [3.05, 3.63) is 70.4 Å². The van der Waals surface area contributed by atoms with Crippen LogP contribution in [0.2, 0.25) is 0 Å². The molecule has 27 heavy (non-hydrogen) atoms. The number of carbonyl (C=O) groups excluding carboxylic acids is 2. The Kier molecular flexibility index (Phi) is 6.29. The van der Waals surface area contributed by atoms with E-state index >= 15 is 0 Å². The molecule has 0 saturated heterocycles. The largest absolute Gasteiger partial charge is 0.338 e.